The molecule has 29 heavy (non-hydrogen) atoms. The maximum Gasteiger partial charge on any atom is 0.325 e. The van der Waals surface area contributed by atoms with Gasteiger partial charge in [-0.3, -0.25) is 4.57 Å². The largest absolute Gasteiger partial charge is 0.325 e. The molecule has 0 fully saturated rings. The molecule has 0 saturated carbocycles. The van der Waals surface area contributed by atoms with Gasteiger partial charge in [0.15, 0.2) is 0 Å². The topological polar surface area (TPSA) is 69.6 Å². The Bertz CT molecular complexity index is 812. The van der Waals surface area contributed by atoms with Crippen molar-refractivity contribution in [3.8, 4) is 0 Å². The molecule has 3 N–H and O–H groups in total. The van der Waals surface area contributed by atoms with Crippen LogP contribution in [-0.4, -0.2) is 22.5 Å². The number of rotatable bonds is 13. The van der Waals surface area contributed by atoms with Gasteiger partial charge in [-0.15, -0.1) is 0 Å². The Morgan fingerprint density at radius 2 is 1.69 bits per heavy atom. The second-order valence-electron chi connectivity index (χ2n) is 7.39. The molecule has 0 aliphatic heterocycles. The van der Waals surface area contributed by atoms with Crippen LogP contribution in [0.3, 0.4) is 0 Å². The zero-order valence-corrected chi connectivity index (χ0v) is 18.3. The lowest BCUT2D eigenvalue weighted by Crippen LogP contribution is -2.15. The van der Waals surface area contributed by atoms with E-state index in [0.717, 1.165) is 60.2 Å². The van der Waals surface area contributed by atoms with E-state index in [2.05, 4.69) is 11.4 Å². The van der Waals surface area contributed by atoms with Gasteiger partial charge in [0, 0.05) is 11.6 Å². The second-order valence-corrected chi connectivity index (χ2v) is 9.57. The number of nitrogens with one attached hydrogen (secondary N) is 1. The van der Waals surface area contributed by atoms with Crippen LogP contribution in [0.2, 0.25) is 5.02 Å². The molecule has 0 heterocycles. The molecule has 2 aromatic rings. The molecule has 0 radical (unpaired) electrons. The lowest BCUT2D eigenvalue weighted by Gasteiger charge is -2.09. The molecule has 7 heteroatoms. The van der Waals surface area contributed by atoms with Crippen LogP contribution in [0.4, 0.5) is 4.39 Å². The monoisotopic (exact) mass is 441 g/mol. The normalized spacial score (nSPS) is 11.7. The number of hydrogen-bond acceptors (Lipinski definition) is 2. The minimum Gasteiger partial charge on any atom is -0.324 e. The first kappa shape index (κ1) is 24.0. The average molecular weight is 442 g/mol. The fourth-order valence-electron chi connectivity index (χ4n) is 3.24. The Labute approximate surface area is 177 Å². The Morgan fingerprint density at radius 1 is 0.931 bits per heavy atom. The standard InChI is InChI=1S/C22H30ClFNO3P/c23-22-16-19(17-25-13-6-14-29(26,27)28)11-12-20(22)9-4-2-1-3-7-18-8-5-10-21(24)15-18/h5,8,10-12,15-16,25H,1-4,6-7,9,13-14,17H2,(H2,26,27,28). The molecular weight excluding hydrogens is 412 g/mol. The molecular formula is C22H30ClFNO3P. The van der Waals surface area contributed by atoms with E-state index in [1.54, 1.807) is 12.1 Å². The third-order valence-electron chi connectivity index (χ3n) is 4.80. The molecule has 0 aliphatic rings. The lowest BCUT2D eigenvalue weighted by atomic mass is 10.0. The summed E-state index contributed by atoms with van der Waals surface area (Å²) in [6, 6.07) is 12.9. The third-order valence-corrected chi connectivity index (χ3v) is 6.05. The van der Waals surface area contributed by atoms with Gasteiger partial charge in [0.2, 0.25) is 0 Å². The Balaban J connectivity index is 1.61. The highest BCUT2D eigenvalue weighted by molar-refractivity contribution is 7.51. The smallest absolute Gasteiger partial charge is 0.324 e. The van der Waals surface area contributed by atoms with E-state index < -0.39 is 7.60 Å². The van der Waals surface area contributed by atoms with Crippen molar-refractivity contribution in [2.24, 2.45) is 0 Å². The van der Waals surface area contributed by atoms with Gasteiger partial charge < -0.3 is 15.1 Å². The molecule has 0 aliphatic carbocycles. The van der Waals surface area contributed by atoms with E-state index in [4.69, 9.17) is 21.4 Å². The SMILES string of the molecule is O=P(O)(O)CCCNCc1ccc(CCCCCCc2cccc(F)c2)c(Cl)c1. The predicted molar refractivity (Wildman–Crippen MR) is 117 cm³/mol. The quantitative estimate of drug-likeness (QED) is 0.284. The van der Waals surface area contributed by atoms with E-state index in [1.165, 1.54) is 6.07 Å². The molecule has 0 amide bonds. The maximum atomic E-state index is 13.2. The van der Waals surface area contributed by atoms with Crippen LogP contribution in [0, 0.1) is 5.82 Å². The van der Waals surface area contributed by atoms with Crippen LogP contribution < -0.4 is 5.32 Å². The van der Waals surface area contributed by atoms with Gasteiger partial charge >= 0.3 is 7.60 Å². The first-order chi connectivity index (χ1) is 13.8. The van der Waals surface area contributed by atoms with Gasteiger partial charge in [-0.1, -0.05) is 48.7 Å². The van der Waals surface area contributed by atoms with Crippen molar-refractivity contribution in [3.63, 3.8) is 0 Å². The van der Waals surface area contributed by atoms with Crippen molar-refractivity contribution in [1.82, 2.24) is 5.32 Å². The maximum absolute atomic E-state index is 13.2. The summed E-state index contributed by atoms with van der Waals surface area (Å²) in [5.41, 5.74) is 3.26. The van der Waals surface area contributed by atoms with E-state index in [9.17, 15) is 8.96 Å². The molecule has 4 nitrogen and oxygen atoms in total. The summed E-state index contributed by atoms with van der Waals surface area (Å²) >= 11 is 6.40. The van der Waals surface area contributed by atoms with Crippen molar-refractivity contribution < 1.29 is 18.7 Å². The third kappa shape index (κ3) is 10.4. The van der Waals surface area contributed by atoms with E-state index in [-0.39, 0.29) is 12.0 Å². The van der Waals surface area contributed by atoms with Gasteiger partial charge in [-0.25, -0.2) is 4.39 Å². The number of halogens is 2. The van der Waals surface area contributed by atoms with Gasteiger partial charge in [-0.2, -0.15) is 0 Å². The number of unbranched alkanes of at least 4 members (excludes halogenated alkanes) is 3. The Morgan fingerprint density at radius 3 is 2.38 bits per heavy atom. The summed E-state index contributed by atoms with van der Waals surface area (Å²) in [4.78, 5) is 17.7. The summed E-state index contributed by atoms with van der Waals surface area (Å²) in [5, 5.41) is 3.94. The van der Waals surface area contributed by atoms with E-state index in [0.29, 0.717) is 19.5 Å². The van der Waals surface area contributed by atoms with Crippen molar-refractivity contribution in [2.75, 3.05) is 12.7 Å². The van der Waals surface area contributed by atoms with Gasteiger partial charge in [0.05, 0.1) is 6.16 Å². The van der Waals surface area contributed by atoms with Crippen LogP contribution in [0.5, 0.6) is 0 Å². The predicted octanol–water partition coefficient (Wildman–Crippen LogP) is 5.48. The zero-order chi connectivity index (χ0) is 21.1. The number of aryl methyl sites for hydroxylation is 2. The van der Waals surface area contributed by atoms with Crippen LogP contribution in [0.25, 0.3) is 0 Å². The lowest BCUT2D eigenvalue weighted by molar-refractivity contribution is 0.371. The minimum atomic E-state index is -3.90. The van der Waals surface area contributed by atoms with Crippen molar-refractivity contribution >= 4 is 19.2 Å². The summed E-state index contributed by atoms with van der Waals surface area (Å²) in [6.45, 7) is 1.18. The summed E-state index contributed by atoms with van der Waals surface area (Å²) in [7, 11) is -3.90. The zero-order valence-electron chi connectivity index (χ0n) is 16.6. The summed E-state index contributed by atoms with van der Waals surface area (Å²) in [5.74, 6) is -0.170. The first-order valence-electron chi connectivity index (χ1n) is 10.1. The van der Waals surface area contributed by atoms with Crippen LogP contribution in [0.1, 0.15) is 48.8 Å². The van der Waals surface area contributed by atoms with Gasteiger partial charge in [0.25, 0.3) is 0 Å². The highest BCUT2D eigenvalue weighted by Crippen LogP contribution is 2.34. The highest BCUT2D eigenvalue weighted by Gasteiger charge is 2.11. The Hall–Kier alpha value is -1.23. The number of hydrogen-bond donors (Lipinski definition) is 3. The molecule has 2 aromatic carbocycles. The fraction of sp³-hybridized carbons (Fsp3) is 0.455. The molecule has 2 rings (SSSR count). The van der Waals surface area contributed by atoms with Crippen LogP contribution in [-0.2, 0) is 24.0 Å². The first-order valence-corrected chi connectivity index (χ1v) is 12.3. The second kappa shape index (κ2) is 12.5. The van der Waals surface area contributed by atoms with Gasteiger partial charge in [-0.05, 0) is 73.5 Å². The summed E-state index contributed by atoms with van der Waals surface area (Å²) in [6.07, 6.45) is 6.56. The van der Waals surface area contributed by atoms with Crippen molar-refractivity contribution in [2.45, 2.75) is 51.5 Å². The molecule has 0 atom stereocenters. The Kier molecular flexibility index (Phi) is 10.3. The van der Waals surface area contributed by atoms with Crippen molar-refractivity contribution in [1.29, 1.82) is 0 Å². The highest BCUT2D eigenvalue weighted by atomic mass is 35.5. The minimum absolute atomic E-state index is 0.0953. The van der Waals surface area contributed by atoms with E-state index >= 15 is 0 Å². The fourth-order valence-corrected chi connectivity index (χ4v) is 4.10. The number of benzene rings is 2. The van der Waals surface area contributed by atoms with E-state index in [1.807, 2.05) is 18.2 Å². The molecule has 0 unspecified atom stereocenters. The molecule has 0 aromatic heterocycles. The van der Waals surface area contributed by atoms with Gasteiger partial charge in [0.1, 0.15) is 5.82 Å². The summed E-state index contributed by atoms with van der Waals surface area (Å²) < 4.78 is 24.0. The van der Waals surface area contributed by atoms with Crippen LogP contribution in [0.15, 0.2) is 42.5 Å². The average Bonchev–Trinajstić information content (AvgIpc) is 2.65. The molecule has 0 spiro atoms. The molecule has 0 bridgehead atoms. The van der Waals surface area contributed by atoms with Crippen LogP contribution >= 0.6 is 19.2 Å². The van der Waals surface area contributed by atoms with Crippen molar-refractivity contribution in [3.05, 3.63) is 70.0 Å². The molecule has 160 valence electrons. The molecule has 0 saturated heterocycles.